The Morgan fingerprint density at radius 3 is 2.83 bits per heavy atom. The van der Waals surface area contributed by atoms with Gasteiger partial charge >= 0.3 is 0 Å². The first-order chi connectivity index (χ1) is 8.79. The molecule has 0 saturated carbocycles. The smallest absolute Gasteiger partial charge is 0.193 e. The third-order valence-corrected chi connectivity index (χ3v) is 3.44. The second-order valence-electron chi connectivity index (χ2n) is 4.55. The summed E-state index contributed by atoms with van der Waals surface area (Å²) in [5.41, 5.74) is 1.26. The van der Waals surface area contributed by atoms with Crippen LogP contribution in [0.1, 0.15) is 18.4 Å². The standard InChI is InChI=1S/C14H20ClN3/c1-16-14(18-9-2-3-10-18)17-8-7-12-5-4-6-13(15)11-12/h4-6,11H,2-3,7-10H2,1H3,(H,16,17). The van der Waals surface area contributed by atoms with Crippen LogP contribution in [0, 0.1) is 0 Å². The van der Waals surface area contributed by atoms with Gasteiger partial charge in [0.2, 0.25) is 0 Å². The highest BCUT2D eigenvalue weighted by molar-refractivity contribution is 6.30. The molecule has 0 spiro atoms. The number of likely N-dealkylation sites (tertiary alicyclic amines) is 1. The molecule has 2 rings (SSSR count). The Bertz CT molecular complexity index is 411. The predicted molar refractivity (Wildman–Crippen MR) is 77.3 cm³/mol. The van der Waals surface area contributed by atoms with Crippen molar-refractivity contribution < 1.29 is 0 Å². The summed E-state index contributed by atoms with van der Waals surface area (Å²) in [4.78, 5) is 6.64. The maximum atomic E-state index is 5.96. The first-order valence-electron chi connectivity index (χ1n) is 6.49. The number of nitrogens with zero attached hydrogens (tertiary/aromatic N) is 2. The fourth-order valence-corrected chi connectivity index (χ4v) is 2.49. The van der Waals surface area contributed by atoms with E-state index in [1.165, 1.54) is 18.4 Å². The van der Waals surface area contributed by atoms with Gasteiger partial charge in [-0.3, -0.25) is 4.99 Å². The number of benzene rings is 1. The zero-order valence-electron chi connectivity index (χ0n) is 10.8. The molecule has 0 radical (unpaired) electrons. The molecule has 1 saturated heterocycles. The van der Waals surface area contributed by atoms with Crippen molar-refractivity contribution in [1.29, 1.82) is 0 Å². The number of hydrogen-bond donors (Lipinski definition) is 1. The van der Waals surface area contributed by atoms with Crippen LogP contribution in [0.4, 0.5) is 0 Å². The van der Waals surface area contributed by atoms with Crippen LogP contribution in [0.25, 0.3) is 0 Å². The van der Waals surface area contributed by atoms with Crippen molar-refractivity contribution in [1.82, 2.24) is 10.2 Å². The summed E-state index contributed by atoms with van der Waals surface area (Å²) in [5, 5.41) is 4.21. The third-order valence-electron chi connectivity index (χ3n) is 3.20. The van der Waals surface area contributed by atoms with E-state index in [1.807, 2.05) is 25.2 Å². The van der Waals surface area contributed by atoms with E-state index in [9.17, 15) is 0 Å². The Morgan fingerprint density at radius 1 is 1.39 bits per heavy atom. The molecular formula is C14H20ClN3. The van der Waals surface area contributed by atoms with E-state index in [-0.39, 0.29) is 0 Å². The van der Waals surface area contributed by atoms with Crippen LogP contribution in [0.2, 0.25) is 5.02 Å². The summed E-state index contributed by atoms with van der Waals surface area (Å²) in [5.74, 6) is 1.02. The lowest BCUT2D eigenvalue weighted by Gasteiger charge is -2.20. The Hall–Kier alpha value is -1.22. The first kappa shape index (κ1) is 13.2. The molecule has 18 heavy (non-hydrogen) atoms. The van der Waals surface area contributed by atoms with Gasteiger partial charge in [-0.1, -0.05) is 23.7 Å². The fraction of sp³-hybridized carbons (Fsp3) is 0.500. The van der Waals surface area contributed by atoms with Crippen LogP contribution in [-0.4, -0.2) is 37.5 Å². The Balaban J connectivity index is 1.80. The van der Waals surface area contributed by atoms with Crippen molar-refractivity contribution in [2.24, 2.45) is 4.99 Å². The second kappa shape index (κ2) is 6.64. The van der Waals surface area contributed by atoms with Crippen LogP contribution in [0.5, 0.6) is 0 Å². The lowest BCUT2D eigenvalue weighted by atomic mass is 10.1. The van der Waals surface area contributed by atoms with E-state index in [1.54, 1.807) is 0 Å². The van der Waals surface area contributed by atoms with Gasteiger partial charge < -0.3 is 10.2 Å². The molecule has 1 aliphatic heterocycles. The van der Waals surface area contributed by atoms with Crippen LogP contribution >= 0.6 is 11.6 Å². The summed E-state index contributed by atoms with van der Waals surface area (Å²) in [6.45, 7) is 3.14. The van der Waals surface area contributed by atoms with Crippen molar-refractivity contribution in [3.63, 3.8) is 0 Å². The highest BCUT2D eigenvalue weighted by Crippen LogP contribution is 2.11. The average Bonchev–Trinajstić information content (AvgIpc) is 2.88. The quantitative estimate of drug-likeness (QED) is 0.672. The maximum absolute atomic E-state index is 5.96. The van der Waals surface area contributed by atoms with Gasteiger partial charge in [0.25, 0.3) is 0 Å². The Labute approximate surface area is 114 Å². The van der Waals surface area contributed by atoms with Crippen molar-refractivity contribution in [3.05, 3.63) is 34.9 Å². The van der Waals surface area contributed by atoms with E-state index in [0.29, 0.717) is 0 Å². The summed E-state index contributed by atoms with van der Waals surface area (Å²) in [6.07, 6.45) is 3.51. The normalized spacial score (nSPS) is 16.1. The topological polar surface area (TPSA) is 27.6 Å². The molecule has 0 atom stereocenters. The maximum Gasteiger partial charge on any atom is 0.193 e. The molecule has 0 aliphatic carbocycles. The summed E-state index contributed by atoms with van der Waals surface area (Å²) in [7, 11) is 1.85. The molecule has 1 fully saturated rings. The molecule has 1 N–H and O–H groups in total. The van der Waals surface area contributed by atoms with Crippen molar-refractivity contribution in [2.75, 3.05) is 26.7 Å². The fourth-order valence-electron chi connectivity index (χ4n) is 2.27. The van der Waals surface area contributed by atoms with Gasteiger partial charge in [-0.2, -0.15) is 0 Å². The Kier molecular flexibility index (Phi) is 4.88. The molecule has 0 unspecified atom stereocenters. The minimum absolute atomic E-state index is 0.802. The number of aliphatic imine (C=N–C) groups is 1. The molecule has 4 heteroatoms. The lowest BCUT2D eigenvalue weighted by Crippen LogP contribution is -2.40. The van der Waals surface area contributed by atoms with Gasteiger partial charge in [-0.25, -0.2) is 0 Å². The van der Waals surface area contributed by atoms with Gasteiger partial charge in [-0.05, 0) is 37.0 Å². The summed E-state index contributed by atoms with van der Waals surface area (Å²) in [6, 6.07) is 8.02. The highest BCUT2D eigenvalue weighted by Gasteiger charge is 2.14. The Morgan fingerprint density at radius 2 is 2.17 bits per heavy atom. The van der Waals surface area contributed by atoms with Gasteiger partial charge in [-0.15, -0.1) is 0 Å². The molecule has 1 aromatic rings. The lowest BCUT2D eigenvalue weighted by molar-refractivity contribution is 0.494. The largest absolute Gasteiger partial charge is 0.356 e. The molecule has 0 bridgehead atoms. The molecular weight excluding hydrogens is 246 g/mol. The van der Waals surface area contributed by atoms with E-state index in [4.69, 9.17) is 11.6 Å². The molecule has 98 valence electrons. The molecule has 0 amide bonds. The van der Waals surface area contributed by atoms with Gasteiger partial charge in [0.15, 0.2) is 5.96 Å². The van der Waals surface area contributed by atoms with E-state index in [0.717, 1.165) is 37.0 Å². The van der Waals surface area contributed by atoms with Crippen LogP contribution in [0.3, 0.4) is 0 Å². The minimum Gasteiger partial charge on any atom is -0.356 e. The van der Waals surface area contributed by atoms with Crippen molar-refractivity contribution in [3.8, 4) is 0 Å². The number of nitrogens with one attached hydrogen (secondary N) is 1. The van der Waals surface area contributed by atoms with Crippen LogP contribution in [-0.2, 0) is 6.42 Å². The van der Waals surface area contributed by atoms with Gasteiger partial charge in [0, 0.05) is 31.7 Å². The molecule has 1 aromatic carbocycles. The molecule has 1 aliphatic rings. The monoisotopic (exact) mass is 265 g/mol. The zero-order valence-corrected chi connectivity index (χ0v) is 11.6. The van der Waals surface area contributed by atoms with Gasteiger partial charge in [0.05, 0.1) is 0 Å². The summed E-state index contributed by atoms with van der Waals surface area (Å²) < 4.78 is 0. The van der Waals surface area contributed by atoms with Gasteiger partial charge in [0.1, 0.15) is 0 Å². The SMILES string of the molecule is CN=C(NCCc1cccc(Cl)c1)N1CCCC1. The van der Waals surface area contributed by atoms with E-state index in [2.05, 4.69) is 21.3 Å². The molecule has 1 heterocycles. The van der Waals surface area contributed by atoms with Crippen molar-refractivity contribution in [2.45, 2.75) is 19.3 Å². The second-order valence-corrected chi connectivity index (χ2v) is 4.98. The zero-order chi connectivity index (χ0) is 12.8. The predicted octanol–water partition coefficient (Wildman–Crippen LogP) is 2.55. The van der Waals surface area contributed by atoms with E-state index >= 15 is 0 Å². The first-order valence-corrected chi connectivity index (χ1v) is 6.87. The number of guanidine groups is 1. The van der Waals surface area contributed by atoms with E-state index < -0.39 is 0 Å². The highest BCUT2D eigenvalue weighted by atomic mass is 35.5. The average molecular weight is 266 g/mol. The molecule has 3 nitrogen and oxygen atoms in total. The number of hydrogen-bond acceptors (Lipinski definition) is 1. The minimum atomic E-state index is 0.802. The summed E-state index contributed by atoms with van der Waals surface area (Å²) >= 11 is 5.96. The molecule has 0 aromatic heterocycles. The number of rotatable bonds is 3. The number of halogens is 1. The third kappa shape index (κ3) is 3.64. The van der Waals surface area contributed by atoms with Crippen molar-refractivity contribution >= 4 is 17.6 Å². The van der Waals surface area contributed by atoms with Crippen LogP contribution < -0.4 is 5.32 Å². The van der Waals surface area contributed by atoms with Crippen LogP contribution in [0.15, 0.2) is 29.3 Å².